The number of hydrogen-bond acceptors (Lipinski definition) is 6. The maximum absolute atomic E-state index is 12.9. The molecule has 2 aliphatic heterocycles. The minimum Gasteiger partial charge on any atom is -0.454 e. The van der Waals surface area contributed by atoms with E-state index in [-0.39, 0.29) is 34.8 Å². The lowest BCUT2D eigenvalue weighted by Crippen LogP contribution is -2.50. The predicted octanol–water partition coefficient (Wildman–Crippen LogP) is 0.964. The van der Waals surface area contributed by atoms with Crippen LogP contribution in [0.15, 0.2) is 24.3 Å². The molecule has 1 fully saturated rings. The molecule has 31 heavy (non-hydrogen) atoms. The van der Waals surface area contributed by atoms with Crippen LogP contribution in [0.1, 0.15) is 53.8 Å². The van der Waals surface area contributed by atoms with Gasteiger partial charge in [-0.3, -0.25) is 24.1 Å². The van der Waals surface area contributed by atoms with Gasteiger partial charge in [0.2, 0.25) is 5.91 Å². The Kier molecular flexibility index (Phi) is 6.72. The molecule has 0 spiro atoms. The Labute approximate surface area is 180 Å². The highest BCUT2D eigenvalue weighted by atomic mass is 16.5. The Balaban J connectivity index is 1.67. The molecule has 166 valence electrons. The van der Waals surface area contributed by atoms with Gasteiger partial charge >= 0.3 is 5.97 Å². The zero-order chi connectivity index (χ0) is 22.7. The summed E-state index contributed by atoms with van der Waals surface area (Å²) in [6.45, 7) is 3.83. The smallest absolute Gasteiger partial charge is 0.330 e. The molecule has 2 aliphatic rings. The molecule has 0 aliphatic carbocycles. The van der Waals surface area contributed by atoms with E-state index >= 15 is 0 Å². The largest absolute Gasteiger partial charge is 0.454 e. The van der Waals surface area contributed by atoms with Crippen LogP contribution in [-0.4, -0.2) is 65.1 Å². The van der Waals surface area contributed by atoms with Gasteiger partial charge in [0.05, 0.1) is 11.1 Å². The van der Waals surface area contributed by atoms with Gasteiger partial charge in [-0.15, -0.1) is 0 Å². The van der Waals surface area contributed by atoms with E-state index in [2.05, 4.69) is 0 Å². The van der Waals surface area contributed by atoms with Crippen molar-refractivity contribution in [2.75, 3.05) is 19.7 Å². The third-order valence-corrected chi connectivity index (χ3v) is 6.12. The normalized spacial score (nSPS) is 18.5. The molecule has 2 N–H and O–H groups in total. The third kappa shape index (κ3) is 4.45. The number of imide groups is 1. The van der Waals surface area contributed by atoms with Gasteiger partial charge < -0.3 is 15.4 Å². The summed E-state index contributed by atoms with van der Waals surface area (Å²) in [5.74, 6) is -3.24. The number of ether oxygens (including phenoxy) is 1. The van der Waals surface area contributed by atoms with Crippen molar-refractivity contribution in [1.82, 2.24) is 9.80 Å². The lowest BCUT2D eigenvalue weighted by Gasteiger charge is -2.31. The van der Waals surface area contributed by atoms with E-state index in [0.29, 0.717) is 32.4 Å². The zero-order valence-corrected chi connectivity index (χ0v) is 17.7. The van der Waals surface area contributed by atoms with Gasteiger partial charge in [-0.05, 0) is 30.9 Å². The number of carbonyl (C=O) groups is 5. The number of hydrogen-bond donors (Lipinski definition) is 1. The summed E-state index contributed by atoms with van der Waals surface area (Å²) in [6.07, 6.45) is 1.47. The summed E-state index contributed by atoms with van der Waals surface area (Å²) in [5.41, 5.74) is 5.81. The number of benzene rings is 1. The van der Waals surface area contributed by atoms with E-state index in [1.54, 1.807) is 31.2 Å². The number of esters is 1. The third-order valence-electron chi connectivity index (χ3n) is 6.12. The molecule has 2 atom stereocenters. The minimum atomic E-state index is -1.12. The molecule has 9 heteroatoms. The molecule has 1 aromatic carbocycles. The number of piperidine rings is 1. The first-order chi connectivity index (χ1) is 14.8. The molecular formula is C22H27N3O6. The van der Waals surface area contributed by atoms with Gasteiger partial charge in [-0.25, -0.2) is 4.79 Å². The summed E-state index contributed by atoms with van der Waals surface area (Å²) in [4.78, 5) is 64.7. The molecule has 2 unspecified atom stereocenters. The number of nitrogens with zero attached hydrogens (tertiary/aromatic N) is 2. The van der Waals surface area contributed by atoms with Gasteiger partial charge in [0, 0.05) is 19.0 Å². The SMILES string of the molecule is CCC(C)C(C(=O)OCC(=O)N1CCC(C(N)=O)CC1)N1C(=O)c2ccccc2C1=O. The fourth-order valence-corrected chi connectivity index (χ4v) is 4.00. The van der Waals surface area contributed by atoms with Crippen molar-refractivity contribution in [1.29, 1.82) is 0 Å². The summed E-state index contributed by atoms with van der Waals surface area (Å²) < 4.78 is 5.26. The first-order valence-electron chi connectivity index (χ1n) is 10.5. The molecule has 0 aromatic heterocycles. The van der Waals surface area contributed by atoms with Crippen molar-refractivity contribution < 1.29 is 28.7 Å². The molecule has 4 amide bonds. The molecule has 9 nitrogen and oxygen atoms in total. The van der Waals surface area contributed by atoms with E-state index in [4.69, 9.17) is 10.5 Å². The van der Waals surface area contributed by atoms with Crippen molar-refractivity contribution >= 4 is 29.6 Å². The molecule has 2 heterocycles. The van der Waals surface area contributed by atoms with Crippen LogP contribution in [0.25, 0.3) is 0 Å². The van der Waals surface area contributed by atoms with Crippen LogP contribution in [0.2, 0.25) is 0 Å². The zero-order valence-electron chi connectivity index (χ0n) is 17.7. The maximum atomic E-state index is 12.9. The first kappa shape index (κ1) is 22.5. The molecule has 0 bridgehead atoms. The van der Waals surface area contributed by atoms with Gasteiger partial charge in [-0.1, -0.05) is 32.4 Å². The Morgan fingerprint density at radius 3 is 2.13 bits per heavy atom. The van der Waals surface area contributed by atoms with E-state index in [1.165, 1.54) is 4.90 Å². The summed E-state index contributed by atoms with van der Waals surface area (Å²) >= 11 is 0. The molecule has 0 saturated carbocycles. The maximum Gasteiger partial charge on any atom is 0.330 e. The number of likely N-dealkylation sites (tertiary alicyclic amines) is 1. The van der Waals surface area contributed by atoms with Crippen LogP contribution in [0.5, 0.6) is 0 Å². The van der Waals surface area contributed by atoms with E-state index in [1.807, 2.05) is 6.92 Å². The number of primary amides is 1. The number of nitrogens with two attached hydrogens (primary N) is 1. The Bertz CT molecular complexity index is 871. The second kappa shape index (κ2) is 9.28. The van der Waals surface area contributed by atoms with Gasteiger partial charge in [0.15, 0.2) is 6.61 Å². The average Bonchev–Trinajstić information content (AvgIpc) is 3.03. The topological polar surface area (TPSA) is 127 Å². The first-order valence-corrected chi connectivity index (χ1v) is 10.5. The quantitative estimate of drug-likeness (QED) is 0.508. The monoisotopic (exact) mass is 429 g/mol. The summed E-state index contributed by atoms with van der Waals surface area (Å²) in [5, 5.41) is 0. The standard InChI is InChI=1S/C22H27N3O6/c1-3-13(2)18(25-20(28)15-6-4-5-7-16(15)21(25)29)22(30)31-12-17(26)24-10-8-14(9-11-24)19(23)27/h4-7,13-14,18H,3,8-12H2,1-2H3,(H2,23,27). The van der Waals surface area contributed by atoms with Crippen LogP contribution in [0.4, 0.5) is 0 Å². The molecule has 1 aromatic rings. The molecule has 0 radical (unpaired) electrons. The fraction of sp³-hybridized carbons (Fsp3) is 0.500. The second-order valence-electron chi connectivity index (χ2n) is 8.02. The number of amides is 4. The van der Waals surface area contributed by atoms with Crippen LogP contribution < -0.4 is 5.73 Å². The highest BCUT2D eigenvalue weighted by molar-refractivity contribution is 6.22. The van der Waals surface area contributed by atoms with Crippen molar-refractivity contribution in [2.45, 2.75) is 39.2 Å². The Hall–Kier alpha value is -3.23. The number of rotatable bonds is 7. The fourth-order valence-electron chi connectivity index (χ4n) is 4.00. The average molecular weight is 429 g/mol. The van der Waals surface area contributed by atoms with E-state index in [9.17, 15) is 24.0 Å². The molecule has 1 saturated heterocycles. The van der Waals surface area contributed by atoms with Crippen molar-refractivity contribution in [3.63, 3.8) is 0 Å². The van der Waals surface area contributed by atoms with Gasteiger partial charge in [0.1, 0.15) is 6.04 Å². The van der Waals surface area contributed by atoms with Crippen LogP contribution in [0.3, 0.4) is 0 Å². The number of carbonyl (C=O) groups excluding carboxylic acids is 5. The van der Waals surface area contributed by atoms with Crippen LogP contribution in [-0.2, 0) is 19.1 Å². The molecular weight excluding hydrogens is 402 g/mol. The van der Waals surface area contributed by atoms with E-state index in [0.717, 1.165) is 4.90 Å². The minimum absolute atomic E-state index is 0.252. The Morgan fingerprint density at radius 2 is 1.65 bits per heavy atom. The van der Waals surface area contributed by atoms with Gasteiger partial charge in [0.25, 0.3) is 17.7 Å². The highest BCUT2D eigenvalue weighted by Crippen LogP contribution is 2.28. The summed E-state index contributed by atoms with van der Waals surface area (Å²) in [7, 11) is 0. The predicted molar refractivity (Wildman–Crippen MR) is 110 cm³/mol. The van der Waals surface area contributed by atoms with Crippen molar-refractivity contribution in [3.8, 4) is 0 Å². The summed E-state index contributed by atoms with van der Waals surface area (Å²) in [6, 6.07) is 5.29. The van der Waals surface area contributed by atoms with Crippen molar-refractivity contribution in [2.24, 2.45) is 17.6 Å². The Morgan fingerprint density at radius 1 is 1.10 bits per heavy atom. The highest BCUT2D eigenvalue weighted by Gasteiger charge is 2.45. The van der Waals surface area contributed by atoms with Crippen LogP contribution >= 0.6 is 0 Å². The van der Waals surface area contributed by atoms with E-state index < -0.39 is 30.4 Å². The van der Waals surface area contributed by atoms with Crippen LogP contribution in [0, 0.1) is 11.8 Å². The lowest BCUT2D eigenvalue weighted by molar-refractivity contribution is -0.157. The van der Waals surface area contributed by atoms with Gasteiger partial charge in [-0.2, -0.15) is 0 Å². The second-order valence-corrected chi connectivity index (χ2v) is 8.02. The van der Waals surface area contributed by atoms with Crippen molar-refractivity contribution in [3.05, 3.63) is 35.4 Å². The number of fused-ring (bicyclic) bond motifs is 1. The molecule has 3 rings (SSSR count). The lowest BCUT2D eigenvalue weighted by atomic mass is 9.96.